The lowest BCUT2D eigenvalue weighted by atomic mass is 10.1. The summed E-state index contributed by atoms with van der Waals surface area (Å²) in [6.45, 7) is 5.09. The monoisotopic (exact) mass is 201 g/mol. The first-order chi connectivity index (χ1) is 6.76. The summed E-state index contributed by atoms with van der Waals surface area (Å²) >= 11 is 0. The van der Waals surface area contributed by atoms with Crippen LogP contribution in [0.2, 0.25) is 0 Å². The number of aliphatic hydroxyl groups excluding tert-OH is 1. The number of piperidine rings is 1. The van der Waals surface area contributed by atoms with Crippen molar-refractivity contribution >= 4 is 0 Å². The number of likely N-dealkylation sites (tertiary alicyclic amines) is 1. The summed E-state index contributed by atoms with van der Waals surface area (Å²) in [6.07, 6.45) is 4.50. The van der Waals surface area contributed by atoms with Gasteiger partial charge in [-0.15, -0.1) is 0 Å². The first-order valence-corrected chi connectivity index (χ1v) is 5.69. The van der Waals surface area contributed by atoms with Crippen LogP contribution in [-0.4, -0.2) is 49.0 Å². The normalized spacial score (nSPS) is 22.5. The highest BCUT2D eigenvalue weighted by Gasteiger charge is 2.19. The first-order valence-electron chi connectivity index (χ1n) is 5.69. The number of hydrogen-bond donors (Lipinski definition) is 1. The van der Waals surface area contributed by atoms with Gasteiger partial charge in [0.2, 0.25) is 0 Å². The van der Waals surface area contributed by atoms with E-state index in [-0.39, 0.29) is 6.10 Å². The van der Waals surface area contributed by atoms with Gasteiger partial charge in [0, 0.05) is 26.7 Å². The molecule has 0 bridgehead atoms. The molecule has 1 heterocycles. The third-order valence-corrected chi connectivity index (χ3v) is 2.96. The van der Waals surface area contributed by atoms with E-state index in [0.717, 1.165) is 45.3 Å². The van der Waals surface area contributed by atoms with Gasteiger partial charge in [-0.3, -0.25) is 0 Å². The zero-order valence-electron chi connectivity index (χ0n) is 9.41. The van der Waals surface area contributed by atoms with Crippen molar-refractivity contribution in [1.29, 1.82) is 0 Å². The average molecular weight is 201 g/mol. The fraction of sp³-hybridized carbons (Fsp3) is 1.00. The lowest BCUT2D eigenvalue weighted by Crippen LogP contribution is -2.40. The Morgan fingerprint density at radius 1 is 1.43 bits per heavy atom. The van der Waals surface area contributed by atoms with Crippen molar-refractivity contribution in [2.45, 2.75) is 44.8 Å². The van der Waals surface area contributed by atoms with Crippen molar-refractivity contribution in [1.82, 2.24) is 4.90 Å². The van der Waals surface area contributed by atoms with Gasteiger partial charge in [0.15, 0.2) is 0 Å². The maximum atomic E-state index is 9.65. The van der Waals surface area contributed by atoms with Gasteiger partial charge in [-0.05, 0) is 19.3 Å². The lowest BCUT2D eigenvalue weighted by Gasteiger charge is -2.32. The van der Waals surface area contributed by atoms with Crippen LogP contribution in [0.15, 0.2) is 0 Å². The Hall–Kier alpha value is -0.120. The topological polar surface area (TPSA) is 32.7 Å². The van der Waals surface area contributed by atoms with Crippen molar-refractivity contribution in [3.05, 3.63) is 0 Å². The number of methoxy groups -OCH3 is 1. The number of ether oxygens (including phenoxy) is 1. The largest absolute Gasteiger partial charge is 0.392 e. The second kappa shape index (κ2) is 6.38. The molecule has 1 rings (SSSR count). The van der Waals surface area contributed by atoms with Gasteiger partial charge in [0.25, 0.3) is 0 Å². The molecule has 0 aromatic heterocycles. The van der Waals surface area contributed by atoms with E-state index in [1.54, 1.807) is 7.11 Å². The third kappa shape index (κ3) is 3.95. The lowest BCUT2D eigenvalue weighted by molar-refractivity contribution is 0.0231. The third-order valence-electron chi connectivity index (χ3n) is 2.96. The maximum Gasteiger partial charge on any atom is 0.0667 e. The van der Waals surface area contributed by atoms with E-state index in [0.29, 0.717) is 6.10 Å². The summed E-state index contributed by atoms with van der Waals surface area (Å²) in [5, 5.41) is 9.65. The Morgan fingerprint density at radius 3 is 2.57 bits per heavy atom. The maximum absolute atomic E-state index is 9.65. The molecule has 3 heteroatoms. The number of nitrogens with zero attached hydrogens (tertiary/aromatic N) is 1. The fourth-order valence-electron chi connectivity index (χ4n) is 2.05. The first kappa shape index (κ1) is 12.0. The Morgan fingerprint density at radius 2 is 2.07 bits per heavy atom. The molecule has 0 aromatic carbocycles. The molecule has 1 saturated heterocycles. The summed E-state index contributed by atoms with van der Waals surface area (Å²) in [4.78, 5) is 2.34. The molecule has 3 nitrogen and oxygen atoms in total. The summed E-state index contributed by atoms with van der Waals surface area (Å²) < 4.78 is 5.30. The van der Waals surface area contributed by atoms with Crippen LogP contribution < -0.4 is 0 Å². The van der Waals surface area contributed by atoms with E-state index in [4.69, 9.17) is 4.74 Å². The fourth-order valence-corrected chi connectivity index (χ4v) is 2.05. The number of hydrogen-bond acceptors (Lipinski definition) is 3. The van der Waals surface area contributed by atoms with E-state index in [9.17, 15) is 5.11 Å². The SMILES string of the molecule is CCCC(O)CN1CCC(OC)CC1. The second-order valence-electron chi connectivity index (χ2n) is 4.18. The summed E-state index contributed by atoms with van der Waals surface area (Å²) in [5.74, 6) is 0. The van der Waals surface area contributed by atoms with Crippen molar-refractivity contribution in [2.75, 3.05) is 26.7 Å². The standard InChI is InChI=1S/C11H23NO2/c1-3-4-10(13)9-12-7-5-11(14-2)6-8-12/h10-11,13H,3-9H2,1-2H3. The number of rotatable bonds is 5. The van der Waals surface area contributed by atoms with Gasteiger partial charge >= 0.3 is 0 Å². The average Bonchev–Trinajstić information content (AvgIpc) is 2.19. The molecule has 0 saturated carbocycles. The van der Waals surface area contributed by atoms with Crippen LogP contribution in [0.25, 0.3) is 0 Å². The highest BCUT2D eigenvalue weighted by molar-refractivity contribution is 4.74. The van der Waals surface area contributed by atoms with Gasteiger partial charge in [-0.2, -0.15) is 0 Å². The molecule has 84 valence electrons. The van der Waals surface area contributed by atoms with Crippen LogP contribution in [0.4, 0.5) is 0 Å². The molecule has 0 amide bonds. The van der Waals surface area contributed by atoms with Gasteiger partial charge < -0.3 is 14.7 Å². The van der Waals surface area contributed by atoms with Crippen LogP contribution in [0, 0.1) is 0 Å². The summed E-state index contributed by atoms with van der Waals surface area (Å²) in [6, 6.07) is 0. The minimum atomic E-state index is -0.140. The molecule has 0 radical (unpaired) electrons. The van der Waals surface area contributed by atoms with E-state index in [1.807, 2.05) is 0 Å². The molecule has 1 atom stereocenters. The summed E-state index contributed by atoms with van der Waals surface area (Å²) in [5.41, 5.74) is 0. The minimum Gasteiger partial charge on any atom is -0.392 e. The molecule has 1 N–H and O–H groups in total. The predicted octanol–water partition coefficient (Wildman–Crippen LogP) is 1.26. The number of β-amino-alcohol motifs (C(OH)–C–C–N with tert-alkyl or cyclic N) is 1. The Bertz CT molecular complexity index is 144. The molecule has 0 aromatic rings. The molecule has 1 fully saturated rings. The Balaban J connectivity index is 2.15. The molecule has 0 aliphatic carbocycles. The van der Waals surface area contributed by atoms with Crippen LogP contribution in [0.5, 0.6) is 0 Å². The van der Waals surface area contributed by atoms with Crippen molar-refractivity contribution in [2.24, 2.45) is 0 Å². The van der Waals surface area contributed by atoms with Crippen LogP contribution in [-0.2, 0) is 4.74 Å². The second-order valence-corrected chi connectivity index (χ2v) is 4.18. The molecule has 14 heavy (non-hydrogen) atoms. The van der Waals surface area contributed by atoms with E-state index >= 15 is 0 Å². The van der Waals surface area contributed by atoms with Crippen molar-refractivity contribution < 1.29 is 9.84 Å². The number of aliphatic hydroxyl groups is 1. The molecule has 0 spiro atoms. The van der Waals surface area contributed by atoms with E-state index < -0.39 is 0 Å². The highest BCUT2D eigenvalue weighted by atomic mass is 16.5. The van der Waals surface area contributed by atoms with Gasteiger partial charge in [0.1, 0.15) is 0 Å². The van der Waals surface area contributed by atoms with Crippen LogP contribution >= 0.6 is 0 Å². The quantitative estimate of drug-likeness (QED) is 0.727. The van der Waals surface area contributed by atoms with Gasteiger partial charge in [0.05, 0.1) is 12.2 Å². The molecule has 1 aliphatic heterocycles. The van der Waals surface area contributed by atoms with Crippen molar-refractivity contribution in [3.63, 3.8) is 0 Å². The Kier molecular flexibility index (Phi) is 5.45. The smallest absolute Gasteiger partial charge is 0.0667 e. The minimum absolute atomic E-state index is 0.140. The zero-order valence-corrected chi connectivity index (χ0v) is 9.41. The van der Waals surface area contributed by atoms with Gasteiger partial charge in [-0.1, -0.05) is 13.3 Å². The van der Waals surface area contributed by atoms with E-state index in [1.165, 1.54) is 0 Å². The van der Waals surface area contributed by atoms with E-state index in [2.05, 4.69) is 11.8 Å². The van der Waals surface area contributed by atoms with Crippen molar-refractivity contribution in [3.8, 4) is 0 Å². The van der Waals surface area contributed by atoms with Gasteiger partial charge in [-0.25, -0.2) is 0 Å². The molecular formula is C11H23NO2. The van der Waals surface area contributed by atoms with Crippen LogP contribution in [0.1, 0.15) is 32.6 Å². The summed E-state index contributed by atoms with van der Waals surface area (Å²) in [7, 11) is 1.78. The van der Waals surface area contributed by atoms with Crippen LogP contribution in [0.3, 0.4) is 0 Å². The Labute approximate surface area is 87.1 Å². The zero-order chi connectivity index (χ0) is 10.4. The molecule has 1 aliphatic rings. The predicted molar refractivity (Wildman–Crippen MR) is 57.4 cm³/mol. The highest BCUT2D eigenvalue weighted by Crippen LogP contribution is 2.13. The molecule has 1 unspecified atom stereocenters. The molecular weight excluding hydrogens is 178 g/mol.